The first-order chi connectivity index (χ1) is 5.85. The molecule has 0 rings (SSSR count). The normalized spacial score (nSPS) is 10.2. The fourth-order valence-electron chi connectivity index (χ4n) is 0.789. The predicted molar refractivity (Wildman–Crippen MR) is 52.4 cm³/mol. The van der Waals surface area contributed by atoms with E-state index in [0.717, 1.165) is 17.8 Å². The van der Waals surface area contributed by atoms with Crippen LogP contribution < -0.4 is 5.32 Å². The molecule has 72 valence electrons. The van der Waals surface area contributed by atoms with E-state index >= 15 is 0 Å². The quantitative estimate of drug-likeness (QED) is 0.411. The van der Waals surface area contributed by atoms with Gasteiger partial charge >= 0.3 is 83.0 Å². The van der Waals surface area contributed by atoms with Gasteiger partial charge in [-0.3, -0.25) is 0 Å². The Morgan fingerprint density at radius 2 is 2.00 bits per heavy atom. The third kappa shape index (κ3) is 7.33. The molecule has 0 aliphatic carbocycles. The fraction of sp³-hybridized carbons (Fsp3) is 1.00. The summed E-state index contributed by atoms with van der Waals surface area (Å²) in [7, 11) is 0. The Morgan fingerprint density at radius 1 is 1.25 bits per heavy atom. The second-order valence-electron chi connectivity index (χ2n) is 2.42. The molecule has 0 aliphatic rings. The molecule has 0 spiro atoms. The van der Waals surface area contributed by atoms with Crippen LogP contribution in [0.15, 0.2) is 0 Å². The summed E-state index contributed by atoms with van der Waals surface area (Å²) in [5, 5.41) is 3.12. The standard InChI is InChI=1S/C4H10NO.C2H5O.C2H5.Sn/c1-3-5-4-6-2;1-2-3;1-2;/h5H,2-4H2,1H3;2H2,1H3;1H2,2H3;/q;-1;;+2. The average Bonchev–Trinajstić information content (AvgIpc) is 2.10. The third-order valence-electron chi connectivity index (χ3n) is 1.46. The first-order valence-electron chi connectivity index (χ1n) is 4.61. The Balaban J connectivity index is 3.19. The second kappa shape index (κ2) is 9.76. The first kappa shape index (κ1) is 12.7. The summed E-state index contributed by atoms with van der Waals surface area (Å²) >= 11 is -1.55. The van der Waals surface area contributed by atoms with Gasteiger partial charge in [0.05, 0.1) is 0 Å². The number of hydrogen-bond donors (Lipinski definition) is 1. The Hall–Kier alpha value is 0.679. The Bertz CT molecular complexity index is 93.1. The van der Waals surface area contributed by atoms with E-state index in [9.17, 15) is 0 Å². The van der Waals surface area contributed by atoms with E-state index in [2.05, 4.69) is 26.1 Å². The number of nitrogens with one attached hydrogen (secondary N) is 1. The van der Waals surface area contributed by atoms with Crippen LogP contribution in [0.3, 0.4) is 0 Å². The van der Waals surface area contributed by atoms with E-state index < -0.39 is 20.2 Å². The summed E-state index contributed by atoms with van der Waals surface area (Å²) in [6.07, 6.45) is 0. The Labute approximate surface area is 83.1 Å². The van der Waals surface area contributed by atoms with Crippen molar-refractivity contribution in [2.24, 2.45) is 0 Å². The third-order valence-corrected chi connectivity index (χ3v) is 7.20. The molecule has 0 fully saturated rings. The number of hydrogen-bond acceptors (Lipinski definition) is 3. The molecule has 0 aromatic rings. The minimum atomic E-state index is -1.55. The molecular weight excluding hydrogens is 261 g/mol. The van der Waals surface area contributed by atoms with Crippen molar-refractivity contribution in [2.45, 2.75) is 25.2 Å². The summed E-state index contributed by atoms with van der Waals surface area (Å²) in [5.74, 6) is 0. The van der Waals surface area contributed by atoms with Crippen LogP contribution in [0.5, 0.6) is 0 Å². The van der Waals surface area contributed by atoms with Gasteiger partial charge in [-0.1, -0.05) is 0 Å². The van der Waals surface area contributed by atoms with E-state index in [1.165, 1.54) is 4.44 Å². The molecule has 0 amide bonds. The first-order valence-corrected chi connectivity index (χ1v) is 9.81. The van der Waals surface area contributed by atoms with Crippen LogP contribution in [0.1, 0.15) is 20.8 Å². The van der Waals surface area contributed by atoms with Gasteiger partial charge in [-0.2, -0.15) is 0 Å². The van der Waals surface area contributed by atoms with Crippen LogP contribution >= 0.6 is 0 Å². The summed E-state index contributed by atoms with van der Waals surface area (Å²) in [6, 6.07) is 0. The fourth-order valence-corrected chi connectivity index (χ4v) is 4.30. The van der Waals surface area contributed by atoms with Crippen molar-refractivity contribution in [1.29, 1.82) is 0 Å². The molecule has 12 heavy (non-hydrogen) atoms. The molecule has 0 radical (unpaired) electrons. The summed E-state index contributed by atoms with van der Waals surface area (Å²) in [5.41, 5.74) is 0. The molecule has 0 aliphatic heterocycles. The molecular formula is C8H20NO2Sn+. The van der Waals surface area contributed by atoms with Crippen molar-refractivity contribution in [2.75, 3.05) is 24.5 Å². The van der Waals surface area contributed by atoms with Crippen molar-refractivity contribution in [3.8, 4) is 0 Å². The van der Waals surface area contributed by atoms with Crippen molar-refractivity contribution in [3.63, 3.8) is 0 Å². The van der Waals surface area contributed by atoms with E-state index in [0.29, 0.717) is 6.73 Å². The molecule has 0 saturated heterocycles. The van der Waals surface area contributed by atoms with Crippen LogP contribution in [-0.2, 0) is 7.81 Å². The predicted octanol–water partition coefficient (Wildman–Crippen LogP) is 1.16. The van der Waals surface area contributed by atoms with Gasteiger partial charge in [0.2, 0.25) is 0 Å². The maximum absolute atomic E-state index is 5.62. The van der Waals surface area contributed by atoms with Gasteiger partial charge in [0.25, 0.3) is 0 Å². The molecule has 0 unspecified atom stereocenters. The molecule has 0 atom stereocenters. The van der Waals surface area contributed by atoms with E-state index in [1.807, 2.05) is 0 Å². The number of rotatable bonds is 8. The minimum absolute atomic E-state index is 0.674. The van der Waals surface area contributed by atoms with Gasteiger partial charge in [-0.05, 0) is 0 Å². The van der Waals surface area contributed by atoms with Crippen molar-refractivity contribution in [3.05, 3.63) is 0 Å². The average molecular weight is 281 g/mol. The maximum atomic E-state index is 5.62. The molecule has 3 nitrogen and oxygen atoms in total. The zero-order valence-corrected chi connectivity index (χ0v) is 11.2. The zero-order valence-electron chi connectivity index (χ0n) is 8.35. The summed E-state index contributed by atoms with van der Waals surface area (Å²) < 4.78 is 13.1. The van der Waals surface area contributed by atoms with E-state index in [-0.39, 0.29) is 0 Å². The van der Waals surface area contributed by atoms with Gasteiger partial charge in [0.1, 0.15) is 0 Å². The van der Waals surface area contributed by atoms with Crippen LogP contribution in [0, 0.1) is 0 Å². The van der Waals surface area contributed by atoms with Crippen LogP contribution in [0.4, 0.5) is 0 Å². The molecule has 4 heteroatoms. The molecule has 1 N–H and O–H groups in total. The summed E-state index contributed by atoms with van der Waals surface area (Å²) in [6.45, 7) is 8.83. The topological polar surface area (TPSA) is 30.5 Å². The van der Waals surface area contributed by atoms with Crippen molar-refractivity contribution >= 4 is 20.2 Å². The SMILES string of the molecule is CCNCO[CH2][Sn+]([CH2]C)[O]CC. The van der Waals surface area contributed by atoms with Gasteiger partial charge in [0, 0.05) is 0 Å². The molecule has 0 saturated carbocycles. The molecule has 0 aromatic carbocycles. The van der Waals surface area contributed by atoms with Crippen LogP contribution in [0.25, 0.3) is 0 Å². The van der Waals surface area contributed by atoms with Crippen molar-refractivity contribution in [1.82, 2.24) is 5.32 Å². The number of ether oxygens (including phenoxy) is 1. The molecule has 0 aromatic heterocycles. The Morgan fingerprint density at radius 3 is 2.50 bits per heavy atom. The molecule has 0 bridgehead atoms. The van der Waals surface area contributed by atoms with E-state index in [1.54, 1.807) is 0 Å². The van der Waals surface area contributed by atoms with Gasteiger partial charge in [-0.15, -0.1) is 0 Å². The van der Waals surface area contributed by atoms with Crippen molar-refractivity contribution < 1.29 is 7.81 Å². The van der Waals surface area contributed by atoms with Gasteiger partial charge in [0.15, 0.2) is 0 Å². The second-order valence-corrected chi connectivity index (χ2v) is 9.16. The Kier molecular flexibility index (Phi) is 10.3. The molecule has 0 heterocycles. The monoisotopic (exact) mass is 282 g/mol. The zero-order chi connectivity index (χ0) is 9.23. The van der Waals surface area contributed by atoms with E-state index in [4.69, 9.17) is 7.81 Å². The van der Waals surface area contributed by atoms with Gasteiger partial charge < -0.3 is 0 Å². The van der Waals surface area contributed by atoms with Crippen LogP contribution in [0.2, 0.25) is 4.44 Å². The van der Waals surface area contributed by atoms with Crippen LogP contribution in [-0.4, -0.2) is 44.7 Å². The van der Waals surface area contributed by atoms with Gasteiger partial charge in [-0.25, -0.2) is 0 Å². The summed E-state index contributed by atoms with van der Waals surface area (Å²) in [4.78, 5) is 0.